The third kappa shape index (κ3) is 2.31. The lowest BCUT2D eigenvalue weighted by atomic mass is 9.99. The molecule has 5 heteroatoms. The average Bonchev–Trinajstić information content (AvgIpc) is 2.86. The van der Waals surface area contributed by atoms with Crippen LogP contribution in [0.2, 0.25) is 0 Å². The Morgan fingerprint density at radius 2 is 1.72 bits per heavy atom. The predicted octanol–water partition coefficient (Wildman–Crippen LogP) is 4.56. The van der Waals surface area contributed by atoms with Crippen molar-refractivity contribution in [1.29, 1.82) is 0 Å². The second kappa shape index (κ2) is 4.54. The van der Waals surface area contributed by atoms with Crippen LogP contribution in [0.1, 0.15) is 26.3 Å². The molecule has 2 heterocycles. The van der Waals surface area contributed by atoms with E-state index in [1.54, 1.807) is 0 Å². The van der Waals surface area contributed by atoms with E-state index < -0.39 is 0 Å². The molecule has 2 aliphatic rings. The van der Waals surface area contributed by atoms with Crippen LogP contribution in [0.4, 0.5) is 0 Å². The van der Waals surface area contributed by atoms with Gasteiger partial charge in [0, 0.05) is 11.0 Å². The molecule has 3 rings (SSSR count). The van der Waals surface area contributed by atoms with Crippen LogP contribution in [0.25, 0.3) is 0 Å². The molecule has 1 aromatic carbocycles. The highest BCUT2D eigenvalue weighted by molar-refractivity contribution is 9.21. The van der Waals surface area contributed by atoms with Crippen LogP contribution >= 0.6 is 30.1 Å². The van der Waals surface area contributed by atoms with E-state index in [2.05, 4.69) is 50.0 Å². The zero-order valence-corrected chi connectivity index (χ0v) is 13.0. The van der Waals surface area contributed by atoms with E-state index in [0.29, 0.717) is 0 Å². The topological polar surface area (TPSA) is 24.7 Å². The summed E-state index contributed by atoms with van der Waals surface area (Å²) in [5.41, 5.74) is 1.34. The van der Waals surface area contributed by atoms with Crippen LogP contribution in [0.3, 0.4) is 0 Å². The second-order valence-corrected chi connectivity index (χ2v) is 10.7. The fraction of sp³-hybridized carbons (Fsp3) is 0.308. The quantitative estimate of drug-likeness (QED) is 0.560. The Labute approximate surface area is 117 Å². The van der Waals surface area contributed by atoms with Crippen molar-refractivity contribution in [2.75, 3.05) is 0 Å². The molecule has 2 aliphatic heterocycles. The number of hydrogen-bond donors (Lipinski definition) is 0. The van der Waals surface area contributed by atoms with Crippen molar-refractivity contribution in [2.24, 2.45) is 15.4 Å². The standard InChI is InChI=1S/C13H14N2S3/c1-13(2,3)11-15-12-14-10(16-18(12)17-11)9-7-5-4-6-8-9/h4-8H,1-3H3. The van der Waals surface area contributed by atoms with Crippen molar-refractivity contribution >= 4 is 45.3 Å². The van der Waals surface area contributed by atoms with Gasteiger partial charge in [-0.05, 0) is 30.1 Å². The minimum Gasteiger partial charge on any atom is -0.218 e. The Hall–Kier alpha value is -0.520. The van der Waals surface area contributed by atoms with E-state index >= 15 is 0 Å². The molecule has 0 saturated carbocycles. The molecule has 1 aromatic rings. The fourth-order valence-corrected chi connectivity index (χ4v) is 7.76. The number of nitrogens with zero attached hydrogens (tertiary/aromatic N) is 2. The van der Waals surface area contributed by atoms with Crippen molar-refractivity contribution in [3.05, 3.63) is 35.9 Å². The summed E-state index contributed by atoms with van der Waals surface area (Å²) in [6, 6.07) is 10.4. The molecular formula is C13H14N2S3. The molecule has 0 fully saturated rings. The van der Waals surface area contributed by atoms with Crippen molar-refractivity contribution in [1.82, 2.24) is 0 Å². The van der Waals surface area contributed by atoms with Crippen molar-refractivity contribution in [3.63, 3.8) is 0 Å². The molecule has 0 radical (unpaired) electrons. The largest absolute Gasteiger partial charge is 0.218 e. The molecule has 94 valence electrons. The van der Waals surface area contributed by atoms with Gasteiger partial charge in [0.25, 0.3) is 0 Å². The maximum atomic E-state index is 4.70. The van der Waals surface area contributed by atoms with Gasteiger partial charge in [0.1, 0.15) is 5.04 Å². The molecule has 0 aliphatic carbocycles. The SMILES string of the molecule is CC(C)(C)C1=NC2=S(SC(c3ccccc3)=N2)S1. The molecule has 0 aromatic heterocycles. The first-order chi connectivity index (χ1) is 8.54. The zero-order chi connectivity index (χ0) is 12.8. The Balaban J connectivity index is 1.86. The Morgan fingerprint density at radius 1 is 1.00 bits per heavy atom. The van der Waals surface area contributed by atoms with E-state index in [1.165, 1.54) is 10.6 Å². The number of aliphatic imine (C=N–C) groups is 2. The molecule has 2 nitrogen and oxygen atoms in total. The number of benzene rings is 1. The summed E-state index contributed by atoms with van der Waals surface area (Å²) < 4.78 is 0. The van der Waals surface area contributed by atoms with E-state index in [1.807, 2.05) is 27.7 Å². The average molecular weight is 294 g/mol. The molecule has 0 N–H and O–H groups in total. The van der Waals surface area contributed by atoms with Gasteiger partial charge in [-0.25, -0.2) is 9.98 Å². The Kier molecular flexibility index (Phi) is 3.16. The van der Waals surface area contributed by atoms with Crippen molar-refractivity contribution in [3.8, 4) is 0 Å². The lowest BCUT2D eigenvalue weighted by Crippen LogP contribution is -2.15. The van der Waals surface area contributed by atoms with Crippen molar-refractivity contribution in [2.45, 2.75) is 20.8 Å². The predicted molar refractivity (Wildman–Crippen MR) is 87.6 cm³/mol. The van der Waals surface area contributed by atoms with Crippen LogP contribution in [0.5, 0.6) is 0 Å². The summed E-state index contributed by atoms with van der Waals surface area (Å²) in [6.45, 7) is 6.62. The molecule has 1 unspecified atom stereocenters. The van der Waals surface area contributed by atoms with Gasteiger partial charge < -0.3 is 0 Å². The van der Waals surface area contributed by atoms with E-state index in [-0.39, 0.29) is 14.0 Å². The molecule has 0 bridgehead atoms. The van der Waals surface area contributed by atoms with Gasteiger partial charge >= 0.3 is 0 Å². The summed E-state index contributed by atoms with van der Waals surface area (Å²) in [4.78, 5) is 9.38. The van der Waals surface area contributed by atoms with E-state index in [9.17, 15) is 0 Å². The normalized spacial score (nSPS) is 22.8. The highest BCUT2D eigenvalue weighted by Gasteiger charge is 2.31. The van der Waals surface area contributed by atoms with Gasteiger partial charge in [-0.15, -0.1) is 0 Å². The molecule has 0 amide bonds. The van der Waals surface area contributed by atoms with Gasteiger partial charge in [0.15, 0.2) is 0 Å². The molecule has 18 heavy (non-hydrogen) atoms. The maximum Gasteiger partial charge on any atom is 0.200 e. The minimum atomic E-state index is 0.0676. The first-order valence-corrected chi connectivity index (χ1v) is 9.64. The van der Waals surface area contributed by atoms with Gasteiger partial charge in [0.2, 0.25) is 5.11 Å². The van der Waals surface area contributed by atoms with Crippen LogP contribution in [-0.4, -0.2) is 15.2 Å². The van der Waals surface area contributed by atoms with Gasteiger partial charge in [-0.1, -0.05) is 51.1 Å². The Bertz CT molecular complexity index is 580. The fourth-order valence-electron chi connectivity index (χ4n) is 1.53. The zero-order valence-electron chi connectivity index (χ0n) is 10.5. The van der Waals surface area contributed by atoms with Crippen LogP contribution in [-0.2, 0) is 0 Å². The smallest absolute Gasteiger partial charge is 0.200 e. The second-order valence-electron chi connectivity index (χ2n) is 5.13. The maximum absolute atomic E-state index is 4.70. The molecule has 0 saturated heterocycles. The highest BCUT2D eigenvalue weighted by atomic mass is 33.5. The van der Waals surface area contributed by atoms with Crippen molar-refractivity contribution < 1.29 is 0 Å². The van der Waals surface area contributed by atoms with Gasteiger partial charge in [0.05, 0.1) is 5.04 Å². The van der Waals surface area contributed by atoms with Crippen LogP contribution in [0.15, 0.2) is 40.3 Å². The molecular weight excluding hydrogens is 280 g/mol. The first kappa shape index (κ1) is 12.5. The van der Waals surface area contributed by atoms with E-state index in [4.69, 9.17) is 4.99 Å². The monoisotopic (exact) mass is 294 g/mol. The third-order valence-electron chi connectivity index (χ3n) is 2.52. The lowest BCUT2D eigenvalue weighted by molar-refractivity contribution is 0.603. The summed E-state index contributed by atoms with van der Waals surface area (Å²) in [7, 11) is 3.79. The van der Waals surface area contributed by atoms with Gasteiger partial charge in [-0.3, -0.25) is 0 Å². The van der Waals surface area contributed by atoms with Crippen LogP contribution < -0.4 is 0 Å². The highest BCUT2D eigenvalue weighted by Crippen LogP contribution is 2.56. The molecule has 0 spiro atoms. The summed E-state index contributed by atoms with van der Waals surface area (Å²) >= 11 is 0. The van der Waals surface area contributed by atoms with Crippen LogP contribution in [0, 0.1) is 5.41 Å². The number of rotatable bonds is 1. The molecule has 1 atom stereocenters. The lowest BCUT2D eigenvalue weighted by Gasteiger charge is -2.17. The number of hydrogen-bond acceptors (Lipinski definition) is 4. The Morgan fingerprint density at radius 3 is 2.33 bits per heavy atom. The van der Waals surface area contributed by atoms with E-state index in [0.717, 1.165) is 10.2 Å². The minimum absolute atomic E-state index is 0.0676. The summed E-state index contributed by atoms with van der Waals surface area (Å²) in [6.07, 6.45) is 0. The summed E-state index contributed by atoms with van der Waals surface area (Å²) in [5, 5.41) is 3.33. The third-order valence-corrected chi connectivity index (χ3v) is 8.62. The van der Waals surface area contributed by atoms with Gasteiger partial charge in [-0.2, -0.15) is 0 Å². The first-order valence-electron chi connectivity index (χ1n) is 5.75. The summed E-state index contributed by atoms with van der Waals surface area (Å²) in [5.74, 6) is 0.